The second-order valence-electron chi connectivity index (χ2n) is 4.95. The van der Waals surface area contributed by atoms with Gasteiger partial charge in [0.05, 0.1) is 6.10 Å². The second kappa shape index (κ2) is 7.53. The molecule has 0 bridgehead atoms. The van der Waals surface area contributed by atoms with Crippen LogP contribution in [0.15, 0.2) is 42.6 Å². The fourth-order valence-corrected chi connectivity index (χ4v) is 1.92. The summed E-state index contributed by atoms with van der Waals surface area (Å²) in [7, 11) is 0. The van der Waals surface area contributed by atoms with Gasteiger partial charge in [0.15, 0.2) is 0 Å². The number of nitrogens with one attached hydrogen (secondary N) is 2. The van der Waals surface area contributed by atoms with E-state index in [1.807, 2.05) is 36.4 Å². The summed E-state index contributed by atoms with van der Waals surface area (Å²) in [6, 6.07) is 11.9. The minimum Gasteiger partial charge on any atom is -0.491 e. The van der Waals surface area contributed by atoms with Gasteiger partial charge in [-0.2, -0.15) is 0 Å². The highest BCUT2D eigenvalue weighted by molar-refractivity contribution is 5.63. The molecule has 1 atom stereocenters. The van der Waals surface area contributed by atoms with Crippen LogP contribution in [0.3, 0.4) is 0 Å². The van der Waals surface area contributed by atoms with E-state index in [0.717, 1.165) is 35.9 Å². The summed E-state index contributed by atoms with van der Waals surface area (Å²) < 4.78 is 5.84. The maximum absolute atomic E-state index is 5.84. The largest absolute Gasteiger partial charge is 0.491 e. The Morgan fingerprint density at radius 1 is 1.14 bits per heavy atom. The van der Waals surface area contributed by atoms with Crippen LogP contribution in [0.25, 0.3) is 0 Å². The van der Waals surface area contributed by atoms with Gasteiger partial charge in [-0.15, -0.1) is 0 Å². The molecule has 21 heavy (non-hydrogen) atoms. The Hall–Kier alpha value is -2.23. The predicted octanol–water partition coefficient (Wildman–Crippen LogP) is 4.43. The van der Waals surface area contributed by atoms with Gasteiger partial charge in [-0.25, -0.2) is 4.98 Å². The third kappa shape index (κ3) is 4.67. The summed E-state index contributed by atoms with van der Waals surface area (Å²) >= 11 is 0. The highest BCUT2D eigenvalue weighted by Crippen LogP contribution is 2.23. The molecule has 1 unspecified atom stereocenters. The van der Waals surface area contributed by atoms with E-state index in [0.29, 0.717) is 0 Å². The Balaban J connectivity index is 2.08. The smallest absolute Gasteiger partial charge is 0.127 e. The molecular formula is C17H23N3O. The Kier molecular flexibility index (Phi) is 5.43. The summed E-state index contributed by atoms with van der Waals surface area (Å²) in [5.41, 5.74) is 2.01. The summed E-state index contributed by atoms with van der Waals surface area (Å²) in [4.78, 5) is 4.26. The average Bonchev–Trinajstić information content (AvgIpc) is 2.48. The van der Waals surface area contributed by atoms with Crippen molar-refractivity contribution < 1.29 is 4.74 Å². The molecule has 0 amide bonds. The van der Waals surface area contributed by atoms with Crippen LogP contribution in [-0.4, -0.2) is 17.6 Å². The first-order chi connectivity index (χ1) is 10.2. The Morgan fingerprint density at radius 2 is 1.95 bits per heavy atom. The van der Waals surface area contributed by atoms with E-state index in [9.17, 15) is 0 Å². The first kappa shape index (κ1) is 15.2. The lowest BCUT2D eigenvalue weighted by molar-refractivity contribution is 0.217. The molecule has 4 heteroatoms. The highest BCUT2D eigenvalue weighted by Gasteiger charge is 2.03. The van der Waals surface area contributed by atoms with Crippen LogP contribution >= 0.6 is 0 Å². The topological polar surface area (TPSA) is 46.2 Å². The molecule has 0 saturated carbocycles. The molecule has 0 fully saturated rings. The molecule has 1 aromatic carbocycles. The van der Waals surface area contributed by atoms with Crippen LogP contribution in [0.4, 0.5) is 17.2 Å². The first-order valence-electron chi connectivity index (χ1n) is 7.45. The van der Waals surface area contributed by atoms with Crippen LogP contribution in [0.1, 0.15) is 27.2 Å². The van der Waals surface area contributed by atoms with Gasteiger partial charge in [0.25, 0.3) is 0 Å². The zero-order chi connectivity index (χ0) is 15.1. The summed E-state index contributed by atoms with van der Waals surface area (Å²) in [6.07, 6.45) is 3.01. The molecule has 0 spiro atoms. The van der Waals surface area contributed by atoms with Crippen LogP contribution in [-0.2, 0) is 0 Å². The molecule has 1 heterocycles. The van der Waals surface area contributed by atoms with Crippen molar-refractivity contribution in [1.29, 1.82) is 0 Å². The number of pyridine rings is 1. The third-order valence-electron chi connectivity index (χ3n) is 3.15. The van der Waals surface area contributed by atoms with E-state index in [1.54, 1.807) is 6.20 Å². The van der Waals surface area contributed by atoms with Gasteiger partial charge in [0.2, 0.25) is 0 Å². The van der Waals surface area contributed by atoms with Crippen molar-refractivity contribution >= 4 is 17.2 Å². The SMILES string of the molecule is CCNc1cc(Nc2cccc(OC(C)CC)c2)ccn1. The monoisotopic (exact) mass is 285 g/mol. The molecule has 4 nitrogen and oxygen atoms in total. The van der Waals surface area contributed by atoms with Crippen molar-refractivity contribution in [2.75, 3.05) is 17.2 Å². The summed E-state index contributed by atoms with van der Waals surface area (Å²) in [5.74, 6) is 1.75. The molecule has 0 aliphatic heterocycles. The Labute approximate surface area is 126 Å². The van der Waals surface area contributed by atoms with Crippen molar-refractivity contribution in [3.63, 3.8) is 0 Å². The number of nitrogens with zero attached hydrogens (tertiary/aromatic N) is 1. The van der Waals surface area contributed by atoms with Gasteiger partial charge >= 0.3 is 0 Å². The van der Waals surface area contributed by atoms with Crippen LogP contribution in [0.2, 0.25) is 0 Å². The third-order valence-corrected chi connectivity index (χ3v) is 3.15. The van der Waals surface area contributed by atoms with Gasteiger partial charge in [-0.3, -0.25) is 0 Å². The molecule has 1 aromatic heterocycles. The zero-order valence-corrected chi connectivity index (χ0v) is 12.9. The summed E-state index contributed by atoms with van der Waals surface area (Å²) in [6.45, 7) is 7.10. The maximum atomic E-state index is 5.84. The van der Waals surface area contributed by atoms with Crippen molar-refractivity contribution in [2.24, 2.45) is 0 Å². The molecule has 0 aliphatic rings. The molecular weight excluding hydrogens is 262 g/mol. The highest BCUT2D eigenvalue weighted by atomic mass is 16.5. The fraction of sp³-hybridized carbons (Fsp3) is 0.353. The van der Waals surface area contributed by atoms with Crippen molar-refractivity contribution in [1.82, 2.24) is 4.98 Å². The number of ether oxygens (including phenoxy) is 1. The normalized spacial score (nSPS) is 11.8. The van der Waals surface area contributed by atoms with Crippen molar-refractivity contribution in [2.45, 2.75) is 33.3 Å². The lowest BCUT2D eigenvalue weighted by Crippen LogP contribution is -2.09. The lowest BCUT2D eigenvalue weighted by Gasteiger charge is -2.14. The van der Waals surface area contributed by atoms with Crippen molar-refractivity contribution in [3.8, 4) is 5.75 Å². The zero-order valence-electron chi connectivity index (χ0n) is 12.9. The van der Waals surface area contributed by atoms with Gasteiger partial charge in [-0.1, -0.05) is 13.0 Å². The van der Waals surface area contributed by atoms with E-state index >= 15 is 0 Å². The molecule has 0 radical (unpaired) electrons. The summed E-state index contributed by atoms with van der Waals surface area (Å²) in [5, 5.41) is 6.58. The first-order valence-corrected chi connectivity index (χ1v) is 7.45. The molecule has 2 aromatic rings. The van der Waals surface area contributed by atoms with E-state index in [1.165, 1.54) is 0 Å². The number of hydrogen-bond donors (Lipinski definition) is 2. The Bertz CT molecular complexity index is 571. The van der Waals surface area contributed by atoms with E-state index in [2.05, 4.69) is 36.4 Å². The quantitative estimate of drug-likeness (QED) is 0.789. The molecule has 112 valence electrons. The molecule has 0 saturated heterocycles. The van der Waals surface area contributed by atoms with Crippen LogP contribution in [0.5, 0.6) is 5.75 Å². The van der Waals surface area contributed by atoms with Gasteiger partial charge in [-0.05, 0) is 38.5 Å². The van der Waals surface area contributed by atoms with Gasteiger partial charge < -0.3 is 15.4 Å². The number of hydrogen-bond acceptors (Lipinski definition) is 4. The molecule has 2 rings (SSSR count). The minimum atomic E-state index is 0.224. The fourth-order valence-electron chi connectivity index (χ4n) is 1.92. The van der Waals surface area contributed by atoms with E-state index < -0.39 is 0 Å². The number of aromatic nitrogens is 1. The predicted molar refractivity (Wildman–Crippen MR) is 88.5 cm³/mol. The van der Waals surface area contributed by atoms with E-state index in [-0.39, 0.29) is 6.10 Å². The number of benzene rings is 1. The van der Waals surface area contributed by atoms with Gasteiger partial charge in [0, 0.05) is 36.2 Å². The molecule has 0 aliphatic carbocycles. The van der Waals surface area contributed by atoms with Crippen LogP contribution < -0.4 is 15.4 Å². The lowest BCUT2D eigenvalue weighted by atomic mass is 10.2. The second-order valence-corrected chi connectivity index (χ2v) is 4.95. The van der Waals surface area contributed by atoms with E-state index in [4.69, 9.17) is 4.74 Å². The molecule has 2 N–H and O–H groups in total. The average molecular weight is 285 g/mol. The van der Waals surface area contributed by atoms with Gasteiger partial charge in [0.1, 0.15) is 11.6 Å². The number of anilines is 3. The van der Waals surface area contributed by atoms with Crippen LogP contribution in [0, 0.1) is 0 Å². The standard InChI is InChI=1S/C17H23N3O/c1-4-13(3)21-16-8-6-7-14(11-16)20-15-9-10-19-17(12-15)18-5-2/h6-13H,4-5H2,1-3H3,(H2,18,19,20). The van der Waals surface area contributed by atoms with Crippen molar-refractivity contribution in [3.05, 3.63) is 42.6 Å². The Morgan fingerprint density at radius 3 is 2.71 bits per heavy atom. The number of rotatable bonds is 7. The maximum Gasteiger partial charge on any atom is 0.127 e. The minimum absolute atomic E-state index is 0.224.